The number of nitrogens with one attached hydrogen (secondary N) is 5. The molecule has 5 aromatic rings. The average molecular weight is 1100 g/mol. The van der Waals surface area contributed by atoms with E-state index in [1.165, 1.54) is 6.20 Å². The van der Waals surface area contributed by atoms with E-state index in [0.29, 0.717) is 58.7 Å². The molecule has 0 radical (unpaired) electrons. The number of rotatable bonds is 25. The van der Waals surface area contributed by atoms with E-state index in [-0.39, 0.29) is 36.7 Å². The van der Waals surface area contributed by atoms with Crippen LogP contribution in [-0.2, 0) is 25.5 Å². The van der Waals surface area contributed by atoms with Crippen LogP contribution >= 0.6 is 30.1 Å². The third-order valence-corrected chi connectivity index (χ3v) is 17.0. The van der Waals surface area contributed by atoms with Crippen molar-refractivity contribution in [3.8, 4) is 16.2 Å². The van der Waals surface area contributed by atoms with Crippen LogP contribution in [0.15, 0.2) is 78.4 Å². The number of halogens is 1. The normalized spacial score (nSPS) is 16.6. The van der Waals surface area contributed by atoms with Crippen molar-refractivity contribution in [3.05, 3.63) is 94.7 Å². The Morgan fingerprint density at radius 3 is 2.28 bits per heavy atom. The van der Waals surface area contributed by atoms with E-state index < -0.39 is 30.7 Å². The summed E-state index contributed by atoms with van der Waals surface area (Å²) in [6, 6.07) is 20.4. The van der Waals surface area contributed by atoms with Gasteiger partial charge in [-0.2, -0.15) is 4.98 Å². The van der Waals surface area contributed by atoms with Crippen molar-refractivity contribution < 1.29 is 28.8 Å². The molecule has 410 valence electrons. The fraction of sp³-hybridized carbons (Fsp3) is 0.509. The lowest BCUT2D eigenvalue weighted by Gasteiger charge is -2.35. The van der Waals surface area contributed by atoms with Gasteiger partial charge in [-0.05, 0) is 93.3 Å². The number of methoxy groups -OCH3 is 1. The fourth-order valence-corrected chi connectivity index (χ4v) is 12.1. The summed E-state index contributed by atoms with van der Waals surface area (Å²) in [5.74, 6) is 1.06. The number of para-hydroxylation sites is 1. The Hall–Kier alpha value is -5.58. The molecule has 16 nitrogen and oxygen atoms in total. The lowest BCUT2D eigenvalue weighted by Crippen LogP contribution is -2.56. The van der Waals surface area contributed by atoms with Crippen molar-refractivity contribution in [1.29, 1.82) is 0 Å². The van der Waals surface area contributed by atoms with Gasteiger partial charge in [0, 0.05) is 62.1 Å². The lowest BCUT2D eigenvalue weighted by molar-refractivity contribution is -0.142. The van der Waals surface area contributed by atoms with Gasteiger partial charge in [-0.15, -0.1) is 11.3 Å². The SMILES string of the molecule is COc1cc(N2CCC(NC(=O)CCCCCCCCCCNC(C(=O)N3C[C@H](O)C[C@H]3C(=O)NCc3ccc(-c4scnc4C)cc3)C(C)(C)C)CC2)ccc1Nc1ncc(Cl)c(Nc2ccccc2P(C)(C)=O)n1. The number of thiazole rings is 1. The zero-order valence-electron chi connectivity index (χ0n) is 45.3. The molecule has 0 aliphatic carbocycles. The predicted molar refractivity (Wildman–Crippen MR) is 309 cm³/mol. The van der Waals surface area contributed by atoms with Crippen LogP contribution in [0.25, 0.3) is 10.4 Å². The number of aliphatic hydroxyl groups excluding tert-OH is 1. The number of β-amino-alcohol motifs (C(OH)–C–C–N with tert-alkyl or cyclic N) is 1. The van der Waals surface area contributed by atoms with E-state index in [1.54, 1.807) is 36.7 Å². The Balaban J connectivity index is 0.748. The molecule has 76 heavy (non-hydrogen) atoms. The second kappa shape index (κ2) is 27.1. The van der Waals surface area contributed by atoms with Crippen LogP contribution in [-0.4, -0.2) is 114 Å². The molecule has 2 fully saturated rings. The van der Waals surface area contributed by atoms with Crippen molar-refractivity contribution in [3.63, 3.8) is 0 Å². The second-order valence-corrected chi connectivity index (χ2v) is 26.1. The zero-order chi connectivity index (χ0) is 54.4. The number of likely N-dealkylation sites (tertiary alicyclic amines) is 1. The maximum Gasteiger partial charge on any atom is 0.243 e. The highest BCUT2D eigenvalue weighted by Gasteiger charge is 2.43. The minimum absolute atomic E-state index is 0.123. The monoisotopic (exact) mass is 1100 g/mol. The summed E-state index contributed by atoms with van der Waals surface area (Å²) >= 11 is 8.08. The first-order valence-corrected chi connectivity index (χ1v) is 30.7. The number of benzene rings is 3. The Labute approximate surface area is 458 Å². The summed E-state index contributed by atoms with van der Waals surface area (Å²) in [6.45, 7) is 14.3. The number of aromatic nitrogens is 3. The minimum atomic E-state index is -2.56. The zero-order valence-corrected chi connectivity index (χ0v) is 47.8. The van der Waals surface area contributed by atoms with Crippen molar-refractivity contribution in [2.45, 2.75) is 136 Å². The highest BCUT2D eigenvalue weighted by Crippen LogP contribution is 2.39. The molecule has 0 bridgehead atoms. The van der Waals surface area contributed by atoms with Gasteiger partial charge in [0.25, 0.3) is 0 Å². The van der Waals surface area contributed by atoms with Gasteiger partial charge in [-0.3, -0.25) is 14.4 Å². The molecular formula is C57H78ClN10O6PS. The molecular weight excluding hydrogens is 1020 g/mol. The smallest absolute Gasteiger partial charge is 0.243 e. The molecule has 2 aromatic heterocycles. The van der Waals surface area contributed by atoms with Gasteiger partial charge in [-0.1, -0.05) is 107 Å². The van der Waals surface area contributed by atoms with E-state index in [4.69, 9.17) is 16.3 Å². The number of amides is 3. The lowest BCUT2D eigenvalue weighted by atomic mass is 9.85. The molecule has 0 saturated carbocycles. The van der Waals surface area contributed by atoms with Crippen LogP contribution in [0.2, 0.25) is 5.02 Å². The Morgan fingerprint density at radius 2 is 1.61 bits per heavy atom. The van der Waals surface area contributed by atoms with E-state index in [2.05, 4.69) is 46.4 Å². The number of anilines is 5. The highest BCUT2D eigenvalue weighted by atomic mass is 35.5. The summed E-state index contributed by atoms with van der Waals surface area (Å²) in [4.78, 5) is 58.8. The van der Waals surface area contributed by atoms with Crippen LogP contribution in [0, 0.1) is 12.3 Å². The summed E-state index contributed by atoms with van der Waals surface area (Å²) in [6.07, 6.45) is 11.6. The number of aliphatic hydroxyl groups is 1. The number of carbonyl (C=O) groups excluding carboxylic acids is 3. The van der Waals surface area contributed by atoms with Gasteiger partial charge < -0.3 is 50.8 Å². The van der Waals surface area contributed by atoms with Gasteiger partial charge >= 0.3 is 0 Å². The van der Waals surface area contributed by atoms with Crippen molar-refractivity contribution in [1.82, 2.24) is 35.8 Å². The Morgan fingerprint density at radius 1 is 0.908 bits per heavy atom. The van der Waals surface area contributed by atoms with Gasteiger partial charge in [-0.25, -0.2) is 9.97 Å². The third kappa shape index (κ3) is 16.2. The largest absolute Gasteiger partial charge is 0.494 e. The van der Waals surface area contributed by atoms with Gasteiger partial charge in [0.15, 0.2) is 5.82 Å². The number of aryl methyl sites for hydroxylation is 1. The molecule has 0 spiro atoms. The number of piperidine rings is 1. The molecule has 1 unspecified atom stereocenters. The average Bonchev–Trinajstić information content (AvgIpc) is 4.01. The quantitative estimate of drug-likeness (QED) is 0.0238. The minimum Gasteiger partial charge on any atom is -0.494 e. The first-order valence-electron chi connectivity index (χ1n) is 26.8. The highest BCUT2D eigenvalue weighted by molar-refractivity contribution is 7.70. The maximum atomic E-state index is 14.1. The molecule has 7 rings (SSSR count). The van der Waals surface area contributed by atoms with E-state index >= 15 is 0 Å². The molecule has 4 heterocycles. The van der Waals surface area contributed by atoms with Gasteiger partial charge in [0.1, 0.15) is 24.0 Å². The summed E-state index contributed by atoms with van der Waals surface area (Å²) in [5.41, 5.74) is 6.87. The number of ether oxygens (including phenoxy) is 1. The molecule has 3 atom stereocenters. The first-order chi connectivity index (χ1) is 36.4. The molecule has 6 N–H and O–H groups in total. The predicted octanol–water partition coefficient (Wildman–Crippen LogP) is 10.2. The third-order valence-electron chi connectivity index (χ3n) is 14.2. The van der Waals surface area contributed by atoms with Gasteiger partial charge in [0.05, 0.1) is 52.9 Å². The van der Waals surface area contributed by atoms with E-state index in [9.17, 15) is 24.1 Å². The molecule has 2 aliphatic heterocycles. The number of hydrogen-bond donors (Lipinski definition) is 6. The van der Waals surface area contributed by atoms with Crippen LogP contribution in [0.3, 0.4) is 0 Å². The van der Waals surface area contributed by atoms with Crippen LogP contribution in [0.4, 0.5) is 28.8 Å². The standard InChI is InChI=1S/C57H78ClN10O6PS/c1-38-51(76-37-62-38)40-23-21-39(22-24-40)34-60-54(71)47-33-43(69)36-68(47)55(72)52(57(2,3)4)59-29-17-13-11-9-8-10-12-14-20-50(70)63-41-27-30-67(31-28-41)42-25-26-45(48(32-42)74-5)65-56-61-35-44(58)53(66-56)64-46-18-15-16-19-49(46)75(6,7)73/h15-16,18-19,21-26,32,35,37,41,43,47,52,59,69H,8-14,17,20,27-31,33-34,36H2,1-7H3,(H,60,71)(H,63,70)(H2,61,64,65,66)/t43-,47+,52?/m1/s1. The van der Waals surface area contributed by atoms with Crippen LogP contribution in [0.5, 0.6) is 5.75 Å². The number of nitrogens with zero attached hydrogens (tertiary/aromatic N) is 5. The summed E-state index contributed by atoms with van der Waals surface area (Å²) in [5, 5.41) is 28.0. The molecule has 3 aromatic carbocycles. The van der Waals surface area contributed by atoms with Crippen LogP contribution < -0.4 is 41.5 Å². The maximum absolute atomic E-state index is 14.1. The number of unbranched alkanes of at least 4 members (excludes halogenated alkanes) is 7. The van der Waals surface area contributed by atoms with Gasteiger partial charge in [0.2, 0.25) is 23.7 Å². The number of carbonyl (C=O) groups is 3. The van der Waals surface area contributed by atoms with E-state index in [1.807, 2.05) is 99.9 Å². The van der Waals surface area contributed by atoms with Crippen molar-refractivity contribution in [2.75, 3.05) is 62.2 Å². The molecule has 2 aliphatic rings. The topological polar surface area (TPSA) is 203 Å². The van der Waals surface area contributed by atoms with Crippen molar-refractivity contribution in [2.24, 2.45) is 5.41 Å². The summed E-state index contributed by atoms with van der Waals surface area (Å²) in [7, 11) is -0.936. The Kier molecular flexibility index (Phi) is 20.8. The first kappa shape index (κ1) is 58.1. The fourth-order valence-electron chi connectivity index (χ4n) is 9.99. The summed E-state index contributed by atoms with van der Waals surface area (Å²) < 4.78 is 18.7. The second-order valence-electron chi connectivity index (χ2n) is 21.6. The molecule has 3 amide bonds. The number of hydrogen-bond acceptors (Lipinski definition) is 14. The van der Waals surface area contributed by atoms with E-state index in [0.717, 1.165) is 105 Å². The van der Waals surface area contributed by atoms with Crippen molar-refractivity contribution >= 4 is 81.9 Å². The molecule has 19 heteroatoms. The Bertz CT molecular complexity index is 2780. The van der Waals surface area contributed by atoms with Crippen LogP contribution in [0.1, 0.15) is 109 Å². The molecule has 2 saturated heterocycles.